The minimum Gasteiger partial charge on any atom is -0.497 e. The topological polar surface area (TPSA) is 46.6 Å². The Bertz CT molecular complexity index is 834. The number of ether oxygens (including phenoxy) is 1. The molecule has 24 heavy (non-hydrogen) atoms. The van der Waals surface area contributed by atoms with Crippen LogP contribution in [0.25, 0.3) is 0 Å². The smallest absolute Gasteiger partial charge is 0.246 e. The number of methoxy groups -OCH3 is 1. The summed E-state index contributed by atoms with van der Waals surface area (Å²) in [5, 5.41) is 0.276. The van der Waals surface area contributed by atoms with Crippen LogP contribution in [0.3, 0.4) is 0 Å². The second kappa shape index (κ2) is 6.92. The number of benzene rings is 2. The maximum absolute atomic E-state index is 13.1. The fourth-order valence-corrected chi connectivity index (χ4v) is 5.83. The predicted molar refractivity (Wildman–Crippen MR) is 95.3 cm³/mol. The summed E-state index contributed by atoms with van der Waals surface area (Å²) in [6.07, 6.45) is 1.53. The van der Waals surface area contributed by atoms with E-state index < -0.39 is 10.0 Å². The number of sulfonamides is 1. The van der Waals surface area contributed by atoms with E-state index in [0.29, 0.717) is 12.3 Å². The van der Waals surface area contributed by atoms with E-state index >= 15 is 0 Å². The van der Waals surface area contributed by atoms with Gasteiger partial charge in [0.2, 0.25) is 10.0 Å². The second-order valence-corrected chi connectivity index (χ2v) is 8.24. The molecule has 0 amide bonds. The molecule has 0 bridgehead atoms. The highest BCUT2D eigenvalue weighted by molar-refractivity contribution is 7.89. The van der Waals surface area contributed by atoms with Crippen LogP contribution < -0.4 is 4.74 Å². The highest BCUT2D eigenvalue weighted by Gasteiger charge is 2.38. The first-order valence-corrected chi connectivity index (χ1v) is 9.74. The molecular weight excluding hydrogens is 369 g/mol. The third kappa shape index (κ3) is 3.14. The first-order valence-electron chi connectivity index (χ1n) is 7.55. The van der Waals surface area contributed by atoms with Crippen molar-refractivity contribution in [2.75, 3.05) is 13.7 Å². The van der Waals surface area contributed by atoms with Gasteiger partial charge in [-0.2, -0.15) is 4.31 Å². The lowest BCUT2D eigenvalue weighted by Gasteiger charge is -2.25. The Balaban J connectivity index is 2.04. The number of hydrogen-bond donors (Lipinski definition) is 0. The van der Waals surface area contributed by atoms with Crippen LogP contribution in [-0.2, 0) is 10.0 Å². The molecule has 0 aromatic heterocycles. The Morgan fingerprint density at radius 3 is 2.46 bits per heavy atom. The molecule has 1 atom stereocenters. The molecule has 0 N–H and O–H groups in total. The maximum Gasteiger partial charge on any atom is 0.246 e. The summed E-state index contributed by atoms with van der Waals surface area (Å²) in [5.74, 6) is 0.701. The summed E-state index contributed by atoms with van der Waals surface area (Å²) in [6.45, 7) is 0.436. The van der Waals surface area contributed by atoms with Crippen LogP contribution in [-0.4, -0.2) is 26.4 Å². The van der Waals surface area contributed by atoms with Crippen molar-refractivity contribution in [2.24, 2.45) is 0 Å². The molecule has 0 unspecified atom stereocenters. The predicted octanol–water partition coefficient (Wildman–Crippen LogP) is 4.53. The molecule has 3 rings (SSSR count). The van der Waals surface area contributed by atoms with Crippen molar-refractivity contribution in [3.8, 4) is 5.75 Å². The molecule has 128 valence electrons. The van der Waals surface area contributed by atoms with Crippen molar-refractivity contribution in [2.45, 2.75) is 23.8 Å². The summed E-state index contributed by atoms with van der Waals surface area (Å²) in [6, 6.07) is 11.9. The standard InChI is InChI=1S/C17H17Cl2NO3S/c1-23-13-6-2-5-12(11-13)16-9-4-10-20(16)24(21,22)17-14(18)7-3-8-15(17)19/h2-3,5-8,11,16H,4,9-10H2,1H3/t16-/m1/s1. The first-order chi connectivity index (χ1) is 11.4. The summed E-state index contributed by atoms with van der Waals surface area (Å²) < 4.78 is 33.0. The summed E-state index contributed by atoms with van der Waals surface area (Å²) >= 11 is 12.2. The van der Waals surface area contributed by atoms with Gasteiger partial charge in [0, 0.05) is 6.54 Å². The van der Waals surface area contributed by atoms with E-state index in [4.69, 9.17) is 27.9 Å². The zero-order valence-corrected chi connectivity index (χ0v) is 15.4. The van der Waals surface area contributed by atoms with Gasteiger partial charge in [0.1, 0.15) is 10.6 Å². The Morgan fingerprint density at radius 2 is 1.79 bits per heavy atom. The zero-order valence-electron chi connectivity index (χ0n) is 13.1. The molecule has 2 aromatic carbocycles. The van der Waals surface area contributed by atoms with Crippen LogP contribution in [0.15, 0.2) is 47.4 Å². The molecule has 0 aliphatic carbocycles. The van der Waals surface area contributed by atoms with Gasteiger partial charge in [-0.3, -0.25) is 0 Å². The van der Waals surface area contributed by atoms with Gasteiger partial charge in [0.15, 0.2) is 0 Å². The fourth-order valence-electron chi connectivity index (χ4n) is 3.06. The van der Waals surface area contributed by atoms with E-state index in [1.54, 1.807) is 13.2 Å². The molecule has 0 saturated carbocycles. The second-order valence-electron chi connectivity index (χ2n) is 5.60. The number of nitrogens with zero attached hydrogens (tertiary/aromatic N) is 1. The van der Waals surface area contributed by atoms with Crippen LogP contribution in [0.2, 0.25) is 10.0 Å². The minimum atomic E-state index is -3.79. The quantitative estimate of drug-likeness (QED) is 0.776. The molecule has 1 aliphatic heterocycles. The molecule has 0 radical (unpaired) electrons. The normalized spacial score (nSPS) is 18.7. The van der Waals surface area contributed by atoms with E-state index in [-0.39, 0.29) is 21.0 Å². The molecule has 0 spiro atoms. The number of hydrogen-bond acceptors (Lipinski definition) is 3. The lowest BCUT2D eigenvalue weighted by atomic mass is 10.1. The van der Waals surface area contributed by atoms with Crippen LogP contribution in [0.5, 0.6) is 5.75 Å². The van der Waals surface area contributed by atoms with Gasteiger partial charge in [-0.15, -0.1) is 0 Å². The lowest BCUT2D eigenvalue weighted by Crippen LogP contribution is -2.31. The van der Waals surface area contributed by atoms with Crippen LogP contribution in [0, 0.1) is 0 Å². The largest absolute Gasteiger partial charge is 0.497 e. The third-order valence-corrected chi connectivity index (χ3v) is 7.03. The summed E-state index contributed by atoms with van der Waals surface area (Å²) in [7, 11) is -2.20. The van der Waals surface area contributed by atoms with Crippen molar-refractivity contribution in [3.63, 3.8) is 0 Å². The van der Waals surface area contributed by atoms with Crippen molar-refractivity contribution in [1.29, 1.82) is 0 Å². The Kier molecular flexibility index (Phi) is 5.06. The van der Waals surface area contributed by atoms with Crippen molar-refractivity contribution in [1.82, 2.24) is 4.31 Å². The van der Waals surface area contributed by atoms with Gasteiger partial charge in [0.25, 0.3) is 0 Å². The van der Waals surface area contributed by atoms with Gasteiger partial charge < -0.3 is 4.74 Å². The molecule has 1 saturated heterocycles. The number of halogens is 2. The molecule has 1 aliphatic rings. The van der Waals surface area contributed by atoms with Gasteiger partial charge in [-0.1, -0.05) is 41.4 Å². The van der Waals surface area contributed by atoms with Gasteiger partial charge >= 0.3 is 0 Å². The van der Waals surface area contributed by atoms with Crippen LogP contribution in [0.1, 0.15) is 24.4 Å². The molecule has 7 heteroatoms. The fraction of sp³-hybridized carbons (Fsp3) is 0.294. The monoisotopic (exact) mass is 385 g/mol. The van der Waals surface area contributed by atoms with Crippen molar-refractivity contribution >= 4 is 33.2 Å². The van der Waals surface area contributed by atoms with E-state index in [0.717, 1.165) is 18.4 Å². The highest BCUT2D eigenvalue weighted by Crippen LogP contribution is 2.40. The Labute approximate surface area is 152 Å². The lowest BCUT2D eigenvalue weighted by molar-refractivity contribution is 0.390. The average molecular weight is 386 g/mol. The van der Waals surface area contributed by atoms with Crippen molar-refractivity contribution in [3.05, 3.63) is 58.1 Å². The highest BCUT2D eigenvalue weighted by atomic mass is 35.5. The van der Waals surface area contributed by atoms with E-state index in [9.17, 15) is 8.42 Å². The number of rotatable bonds is 4. The van der Waals surface area contributed by atoms with E-state index in [1.807, 2.05) is 24.3 Å². The minimum absolute atomic E-state index is 0.0249. The SMILES string of the molecule is COc1cccc([C@H]2CCCN2S(=O)(=O)c2c(Cl)cccc2Cl)c1. The average Bonchev–Trinajstić information content (AvgIpc) is 3.05. The maximum atomic E-state index is 13.1. The van der Waals surface area contributed by atoms with Gasteiger partial charge in [-0.05, 0) is 42.7 Å². The Hall–Kier alpha value is -1.27. The van der Waals surface area contributed by atoms with Crippen LogP contribution in [0.4, 0.5) is 0 Å². The van der Waals surface area contributed by atoms with E-state index in [2.05, 4.69) is 0 Å². The first kappa shape index (κ1) is 17.5. The van der Waals surface area contributed by atoms with E-state index in [1.165, 1.54) is 16.4 Å². The van der Waals surface area contributed by atoms with Gasteiger partial charge in [0.05, 0.1) is 23.2 Å². The molecule has 1 fully saturated rings. The zero-order chi connectivity index (χ0) is 17.3. The van der Waals surface area contributed by atoms with Gasteiger partial charge in [-0.25, -0.2) is 8.42 Å². The molecule has 1 heterocycles. The molecule has 2 aromatic rings. The summed E-state index contributed by atoms with van der Waals surface area (Å²) in [5.41, 5.74) is 0.901. The van der Waals surface area contributed by atoms with Crippen molar-refractivity contribution < 1.29 is 13.2 Å². The summed E-state index contributed by atoms with van der Waals surface area (Å²) in [4.78, 5) is -0.0249. The molecular formula is C17H17Cl2NO3S. The van der Waals surface area contributed by atoms with Crippen LogP contribution >= 0.6 is 23.2 Å². The third-order valence-electron chi connectivity index (χ3n) is 4.17. The Morgan fingerprint density at radius 1 is 1.12 bits per heavy atom. The molecule has 4 nitrogen and oxygen atoms in total.